The van der Waals surface area contributed by atoms with Crippen molar-refractivity contribution >= 4 is 23.2 Å². The molecule has 0 spiro atoms. The standard InChI is InChI=1S/C22H21ClFN3O2/c1-14-19(21(26-29-14)20-17(23)5-4-6-18(20)24)22(28)25-13-15-7-9-16(10-8-15)27-11-2-3-12-27/h4-10H,2-3,11-13H2,1H3,(H,25,28). The zero-order chi connectivity index (χ0) is 20.4. The Balaban J connectivity index is 1.50. The van der Waals surface area contributed by atoms with Crippen LogP contribution in [0.5, 0.6) is 0 Å². The minimum atomic E-state index is -0.558. The number of carbonyl (C=O) groups is 1. The predicted molar refractivity (Wildman–Crippen MR) is 111 cm³/mol. The van der Waals surface area contributed by atoms with Crippen LogP contribution in [0.4, 0.5) is 10.1 Å². The van der Waals surface area contributed by atoms with E-state index < -0.39 is 5.82 Å². The monoisotopic (exact) mass is 413 g/mol. The second kappa shape index (κ2) is 8.25. The summed E-state index contributed by atoms with van der Waals surface area (Å²) in [6, 6.07) is 12.5. The summed E-state index contributed by atoms with van der Waals surface area (Å²) >= 11 is 6.13. The number of hydrogen-bond acceptors (Lipinski definition) is 4. The van der Waals surface area contributed by atoms with E-state index in [9.17, 15) is 9.18 Å². The third kappa shape index (κ3) is 3.98. The highest BCUT2D eigenvalue weighted by molar-refractivity contribution is 6.33. The molecule has 2 aromatic carbocycles. The molecule has 1 aliphatic heterocycles. The average molecular weight is 414 g/mol. The molecule has 1 aromatic heterocycles. The Kier molecular flexibility index (Phi) is 5.53. The van der Waals surface area contributed by atoms with Gasteiger partial charge >= 0.3 is 0 Å². The molecule has 7 heteroatoms. The van der Waals surface area contributed by atoms with E-state index in [1.54, 1.807) is 13.0 Å². The van der Waals surface area contributed by atoms with E-state index in [0.717, 1.165) is 18.7 Å². The second-order valence-corrected chi connectivity index (χ2v) is 7.51. The molecule has 4 rings (SSSR count). The topological polar surface area (TPSA) is 58.4 Å². The van der Waals surface area contributed by atoms with Gasteiger partial charge in [0.05, 0.1) is 10.6 Å². The van der Waals surface area contributed by atoms with Crippen LogP contribution in [0.1, 0.15) is 34.5 Å². The number of nitrogens with one attached hydrogen (secondary N) is 1. The Morgan fingerprint density at radius 2 is 1.93 bits per heavy atom. The predicted octanol–water partition coefficient (Wildman–Crippen LogP) is 4.97. The first-order valence-corrected chi connectivity index (χ1v) is 9.95. The van der Waals surface area contributed by atoms with Crippen LogP contribution in [-0.2, 0) is 6.54 Å². The molecule has 2 heterocycles. The number of carbonyl (C=O) groups excluding carboxylic acids is 1. The maximum atomic E-state index is 14.3. The summed E-state index contributed by atoms with van der Waals surface area (Å²) in [5, 5.41) is 6.91. The van der Waals surface area contributed by atoms with E-state index in [1.807, 2.05) is 12.1 Å². The van der Waals surface area contributed by atoms with Gasteiger partial charge in [-0.2, -0.15) is 0 Å². The molecule has 0 radical (unpaired) electrons. The summed E-state index contributed by atoms with van der Waals surface area (Å²) in [4.78, 5) is 15.2. The fraction of sp³-hybridized carbons (Fsp3) is 0.273. The Bertz CT molecular complexity index is 1010. The molecule has 0 bridgehead atoms. The number of rotatable bonds is 5. The van der Waals surface area contributed by atoms with E-state index in [4.69, 9.17) is 16.1 Å². The minimum absolute atomic E-state index is 0.0612. The normalized spacial score (nSPS) is 13.7. The molecular weight excluding hydrogens is 393 g/mol. The van der Waals surface area contributed by atoms with Crippen LogP contribution < -0.4 is 10.2 Å². The fourth-order valence-electron chi connectivity index (χ4n) is 3.60. The lowest BCUT2D eigenvalue weighted by Crippen LogP contribution is -2.24. The van der Waals surface area contributed by atoms with E-state index in [-0.39, 0.29) is 27.8 Å². The lowest BCUT2D eigenvalue weighted by molar-refractivity contribution is 0.0950. The van der Waals surface area contributed by atoms with Crippen LogP contribution in [0.25, 0.3) is 11.3 Å². The quantitative estimate of drug-likeness (QED) is 0.641. The first-order chi connectivity index (χ1) is 14.0. The van der Waals surface area contributed by atoms with Gasteiger partial charge in [-0.25, -0.2) is 4.39 Å². The van der Waals surface area contributed by atoms with E-state index in [1.165, 1.54) is 30.7 Å². The molecule has 0 atom stereocenters. The summed E-state index contributed by atoms with van der Waals surface area (Å²) < 4.78 is 19.5. The summed E-state index contributed by atoms with van der Waals surface area (Å²) in [6.07, 6.45) is 2.45. The highest BCUT2D eigenvalue weighted by Gasteiger charge is 2.25. The number of halogens is 2. The second-order valence-electron chi connectivity index (χ2n) is 7.10. The molecule has 1 amide bonds. The maximum Gasteiger partial charge on any atom is 0.257 e. The van der Waals surface area contributed by atoms with Gasteiger partial charge in [0.2, 0.25) is 0 Å². The van der Waals surface area contributed by atoms with Crippen molar-refractivity contribution in [3.05, 3.63) is 70.2 Å². The number of benzene rings is 2. The van der Waals surface area contributed by atoms with Crippen LogP contribution >= 0.6 is 11.6 Å². The van der Waals surface area contributed by atoms with Gasteiger partial charge in [0.25, 0.3) is 5.91 Å². The summed E-state index contributed by atoms with van der Waals surface area (Å²) in [5.74, 6) is -0.639. The van der Waals surface area contributed by atoms with Gasteiger partial charge in [0.15, 0.2) is 0 Å². The number of hydrogen-bond donors (Lipinski definition) is 1. The van der Waals surface area contributed by atoms with E-state index in [0.29, 0.717) is 12.3 Å². The zero-order valence-electron chi connectivity index (χ0n) is 16.0. The van der Waals surface area contributed by atoms with Crippen molar-refractivity contribution in [3.8, 4) is 11.3 Å². The molecule has 5 nitrogen and oxygen atoms in total. The van der Waals surface area contributed by atoms with Crippen molar-refractivity contribution in [1.82, 2.24) is 10.5 Å². The highest BCUT2D eigenvalue weighted by Crippen LogP contribution is 2.33. The smallest absolute Gasteiger partial charge is 0.257 e. The Morgan fingerprint density at radius 1 is 1.21 bits per heavy atom. The zero-order valence-corrected chi connectivity index (χ0v) is 16.8. The Hall–Kier alpha value is -2.86. The third-order valence-electron chi connectivity index (χ3n) is 5.15. The van der Waals surface area contributed by atoms with Gasteiger partial charge in [-0.05, 0) is 49.6 Å². The van der Waals surface area contributed by atoms with E-state index >= 15 is 0 Å². The lowest BCUT2D eigenvalue weighted by atomic mass is 10.0. The van der Waals surface area contributed by atoms with Crippen molar-refractivity contribution in [2.45, 2.75) is 26.3 Å². The molecule has 0 unspecified atom stereocenters. The van der Waals surface area contributed by atoms with Crippen LogP contribution in [0.15, 0.2) is 47.0 Å². The first kappa shape index (κ1) is 19.5. The largest absolute Gasteiger partial charge is 0.372 e. The molecule has 1 aliphatic rings. The molecule has 29 heavy (non-hydrogen) atoms. The van der Waals surface area contributed by atoms with Gasteiger partial charge in [0.1, 0.15) is 22.8 Å². The third-order valence-corrected chi connectivity index (χ3v) is 5.46. The van der Waals surface area contributed by atoms with Gasteiger partial charge in [0, 0.05) is 25.3 Å². The van der Waals surface area contributed by atoms with E-state index in [2.05, 4.69) is 27.5 Å². The summed E-state index contributed by atoms with van der Waals surface area (Å²) in [6.45, 7) is 4.13. The van der Waals surface area contributed by atoms with Gasteiger partial charge in [-0.15, -0.1) is 0 Å². The molecule has 3 aromatic rings. The molecule has 0 aliphatic carbocycles. The van der Waals surface area contributed by atoms with Crippen molar-refractivity contribution in [2.24, 2.45) is 0 Å². The van der Waals surface area contributed by atoms with Gasteiger partial charge in [-0.3, -0.25) is 4.79 Å². The first-order valence-electron chi connectivity index (χ1n) is 9.57. The lowest BCUT2D eigenvalue weighted by Gasteiger charge is -2.17. The fourth-order valence-corrected chi connectivity index (χ4v) is 3.86. The number of aromatic nitrogens is 1. The molecule has 0 saturated carbocycles. The number of aryl methyl sites for hydroxylation is 1. The van der Waals surface area contributed by atoms with Crippen LogP contribution in [0.3, 0.4) is 0 Å². The number of anilines is 1. The maximum absolute atomic E-state index is 14.3. The summed E-state index contributed by atoms with van der Waals surface area (Å²) in [5.41, 5.74) is 2.52. The minimum Gasteiger partial charge on any atom is -0.372 e. The van der Waals surface area contributed by atoms with Crippen LogP contribution in [-0.4, -0.2) is 24.2 Å². The molecule has 150 valence electrons. The van der Waals surface area contributed by atoms with Crippen LogP contribution in [0, 0.1) is 12.7 Å². The Labute approximate surface area is 173 Å². The van der Waals surface area contributed by atoms with Crippen molar-refractivity contribution < 1.29 is 13.7 Å². The van der Waals surface area contributed by atoms with Crippen LogP contribution in [0.2, 0.25) is 5.02 Å². The molecule has 1 fully saturated rings. The average Bonchev–Trinajstić information content (AvgIpc) is 3.37. The summed E-state index contributed by atoms with van der Waals surface area (Å²) in [7, 11) is 0. The molecule has 1 saturated heterocycles. The van der Waals surface area contributed by atoms with Gasteiger partial charge < -0.3 is 14.7 Å². The van der Waals surface area contributed by atoms with Crippen molar-refractivity contribution in [1.29, 1.82) is 0 Å². The SMILES string of the molecule is Cc1onc(-c2c(F)cccc2Cl)c1C(=O)NCc1ccc(N2CCCC2)cc1. The number of nitrogens with zero attached hydrogens (tertiary/aromatic N) is 2. The van der Waals surface area contributed by atoms with Crippen molar-refractivity contribution in [2.75, 3.05) is 18.0 Å². The van der Waals surface area contributed by atoms with Gasteiger partial charge in [-0.1, -0.05) is 35.0 Å². The highest BCUT2D eigenvalue weighted by atomic mass is 35.5. The van der Waals surface area contributed by atoms with Crippen molar-refractivity contribution in [3.63, 3.8) is 0 Å². The Morgan fingerprint density at radius 3 is 2.62 bits per heavy atom. The number of amides is 1. The molecular formula is C22H21ClFN3O2. The molecule has 1 N–H and O–H groups in total.